The van der Waals surface area contributed by atoms with Crippen molar-refractivity contribution in [3.8, 4) is 0 Å². The van der Waals surface area contributed by atoms with Crippen LogP contribution < -0.4 is 16.6 Å². The molecule has 9 nitrogen and oxygen atoms in total. The number of anilines is 2. The molecular weight excluding hydrogens is 473 g/mol. The van der Waals surface area contributed by atoms with Crippen molar-refractivity contribution in [2.45, 2.75) is 30.8 Å². The molecule has 0 aliphatic heterocycles. The average Bonchev–Trinajstić information content (AvgIpc) is 3.58. The van der Waals surface area contributed by atoms with E-state index in [1.807, 2.05) is 0 Å². The number of fused-ring (bicyclic) bond motifs is 1. The SMILES string of the molecule is Cn1c(=O)c2c(Nc3ccc(F)cc3)n(Cc3ccc(S(C)(=O)=O)cc3)nc2n(CC2CC2)c1=O. The molecule has 0 atom stereocenters. The smallest absolute Gasteiger partial charge is 0.332 e. The first-order chi connectivity index (χ1) is 16.6. The molecule has 2 aromatic carbocycles. The highest BCUT2D eigenvalue weighted by atomic mass is 32.2. The largest absolute Gasteiger partial charge is 0.340 e. The molecule has 1 aliphatic carbocycles. The Hall–Kier alpha value is -3.73. The molecule has 0 saturated heterocycles. The number of nitrogens with zero attached hydrogens (tertiary/aromatic N) is 4. The van der Waals surface area contributed by atoms with Crippen molar-refractivity contribution in [3.05, 3.63) is 80.7 Å². The predicted octanol–water partition coefficient (Wildman–Crippen LogP) is 2.64. The standard InChI is InChI=1S/C24H24FN5O4S/c1-28-23(31)20-21(26-18-9-7-17(25)8-10-18)30(14-16-5-11-19(12-6-16)35(2,33)34)27-22(20)29(24(28)32)13-15-3-4-15/h5-12,15,26H,3-4,13-14H2,1-2H3. The maximum Gasteiger partial charge on any atom is 0.332 e. The van der Waals surface area contributed by atoms with Crippen LogP contribution in [0.1, 0.15) is 18.4 Å². The Morgan fingerprint density at radius 2 is 1.71 bits per heavy atom. The van der Waals surface area contributed by atoms with Gasteiger partial charge in [-0.3, -0.25) is 13.9 Å². The van der Waals surface area contributed by atoms with Gasteiger partial charge in [0.15, 0.2) is 15.5 Å². The molecule has 1 fully saturated rings. The summed E-state index contributed by atoms with van der Waals surface area (Å²) >= 11 is 0. The van der Waals surface area contributed by atoms with Gasteiger partial charge in [-0.05, 0) is 60.7 Å². The Morgan fingerprint density at radius 1 is 1.06 bits per heavy atom. The molecule has 0 bridgehead atoms. The van der Waals surface area contributed by atoms with E-state index in [1.54, 1.807) is 28.9 Å². The first-order valence-corrected chi connectivity index (χ1v) is 13.0. The maximum absolute atomic E-state index is 13.5. The summed E-state index contributed by atoms with van der Waals surface area (Å²) in [5.74, 6) is 0.341. The third-order valence-electron chi connectivity index (χ3n) is 6.15. The zero-order valence-electron chi connectivity index (χ0n) is 19.2. The number of sulfone groups is 1. The van der Waals surface area contributed by atoms with Gasteiger partial charge >= 0.3 is 5.69 Å². The number of hydrogen-bond acceptors (Lipinski definition) is 6. The van der Waals surface area contributed by atoms with Crippen LogP contribution in [0.5, 0.6) is 0 Å². The molecule has 4 aromatic rings. The summed E-state index contributed by atoms with van der Waals surface area (Å²) in [6, 6.07) is 12.1. The minimum Gasteiger partial charge on any atom is -0.340 e. The summed E-state index contributed by atoms with van der Waals surface area (Å²) in [5, 5.41) is 8.07. The normalized spacial score (nSPS) is 13.9. The minimum absolute atomic E-state index is 0.198. The van der Waals surface area contributed by atoms with E-state index < -0.39 is 26.9 Å². The van der Waals surface area contributed by atoms with E-state index in [-0.39, 0.29) is 22.5 Å². The van der Waals surface area contributed by atoms with Gasteiger partial charge < -0.3 is 5.32 Å². The first-order valence-electron chi connectivity index (χ1n) is 11.1. The number of rotatable bonds is 7. The fraction of sp³-hybridized carbons (Fsp3) is 0.292. The second-order valence-corrected chi connectivity index (χ2v) is 11.0. The van der Waals surface area contributed by atoms with Gasteiger partial charge in [0.25, 0.3) is 5.56 Å². The molecule has 2 aromatic heterocycles. The minimum atomic E-state index is -3.34. The molecule has 0 spiro atoms. The van der Waals surface area contributed by atoms with Gasteiger partial charge in [0.1, 0.15) is 17.0 Å². The molecule has 1 saturated carbocycles. The van der Waals surface area contributed by atoms with Crippen molar-refractivity contribution in [1.82, 2.24) is 18.9 Å². The van der Waals surface area contributed by atoms with E-state index in [2.05, 4.69) is 10.4 Å². The van der Waals surface area contributed by atoms with Gasteiger partial charge in [0, 0.05) is 25.5 Å². The van der Waals surface area contributed by atoms with Gasteiger partial charge in [-0.25, -0.2) is 22.3 Å². The van der Waals surface area contributed by atoms with Gasteiger partial charge in [-0.2, -0.15) is 5.10 Å². The van der Waals surface area contributed by atoms with Crippen LogP contribution in [-0.2, 0) is 30.0 Å². The van der Waals surface area contributed by atoms with Gasteiger partial charge in [-0.1, -0.05) is 12.1 Å². The third kappa shape index (κ3) is 4.51. The summed E-state index contributed by atoms with van der Waals surface area (Å²) in [5.41, 5.74) is 0.664. The van der Waals surface area contributed by atoms with Crippen molar-refractivity contribution in [1.29, 1.82) is 0 Å². The van der Waals surface area contributed by atoms with Crippen LogP contribution in [-0.4, -0.2) is 33.6 Å². The fourth-order valence-electron chi connectivity index (χ4n) is 4.01. The Bertz CT molecular complexity index is 1650. The van der Waals surface area contributed by atoms with Gasteiger partial charge in [0.2, 0.25) is 0 Å². The maximum atomic E-state index is 13.5. The van der Waals surface area contributed by atoms with Crippen LogP contribution in [0.4, 0.5) is 15.9 Å². The number of hydrogen-bond donors (Lipinski definition) is 1. The molecule has 0 radical (unpaired) electrons. The summed E-state index contributed by atoms with van der Waals surface area (Å²) in [7, 11) is -1.90. The van der Waals surface area contributed by atoms with Crippen LogP contribution in [0.2, 0.25) is 0 Å². The highest BCUT2D eigenvalue weighted by Crippen LogP contribution is 2.32. The summed E-state index contributed by atoms with van der Waals surface area (Å²) in [6.45, 7) is 0.683. The molecule has 0 amide bonds. The summed E-state index contributed by atoms with van der Waals surface area (Å²) in [4.78, 5) is 26.3. The summed E-state index contributed by atoms with van der Waals surface area (Å²) in [6.07, 6.45) is 3.18. The Morgan fingerprint density at radius 3 is 2.31 bits per heavy atom. The van der Waals surface area contributed by atoms with Crippen molar-refractivity contribution < 1.29 is 12.8 Å². The van der Waals surface area contributed by atoms with E-state index in [0.29, 0.717) is 24.0 Å². The second-order valence-electron chi connectivity index (χ2n) is 8.95. The quantitative estimate of drug-likeness (QED) is 0.421. The average molecular weight is 498 g/mol. The van der Waals surface area contributed by atoms with Crippen LogP contribution in [0.3, 0.4) is 0 Å². The first kappa shape index (κ1) is 23.0. The van der Waals surface area contributed by atoms with E-state index in [9.17, 15) is 22.4 Å². The van der Waals surface area contributed by atoms with Gasteiger partial charge in [0.05, 0.1) is 11.4 Å². The highest BCUT2D eigenvalue weighted by molar-refractivity contribution is 7.90. The third-order valence-corrected chi connectivity index (χ3v) is 7.28. The molecule has 1 aliphatic rings. The van der Waals surface area contributed by atoms with Crippen molar-refractivity contribution >= 4 is 32.4 Å². The molecule has 5 rings (SSSR count). The topological polar surface area (TPSA) is 108 Å². The highest BCUT2D eigenvalue weighted by Gasteiger charge is 2.27. The molecule has 2 heterocycles. The molecule has 0 unspecified atom stereocenters. The summed E-state index contributed by atoms with van der Waals surface area (Å²) < 4.78 is 41.3. The van der Waals surface area contributed by atoms with E-state index in [1.165, 1.54) is 35.9 Å². The van der Waals surface area contributed by atoms with E-state index in [0.717, 1.165) is 29.2 Å². The molecule has 1 N–H and O–H groups in total. The lowest BCUT2D eigenvalue weighted by atomic mass is 10.2. The zero-order chi connectivity index (χ0) is 24.9. The molecule has 182 valence electrons. The lowest BCUT2D eigenvalue weighted by Gasteiger charge is -2.11. The Labute approximate surface area is 200 Å². The fourth-order valence-corrected chi connectivity index (χ4v) is 4.64. The van der Waals surface area contributed by atoms with Crippen molar-refractivity contribution in [2.75, 3.05) is 11.6 Å². The monoisotopic (exact) mass is 497 g/mol. The predicted molar refractivity (Wildman–Crippen MR) is 130 cm³/mol. The Kier molecular flexibility index (Phi) is 5.59. The number of halogens is 1. The van der Waals surface area contributed by atoms with Crippen LogP contribution in [0, 0.1) is 11.7 Å². The number of aromatic nitrogens is 4. The van der Waals surface area contributed by atoms with Crippen LogP contribution >= 0.6 is 0 Å². The van der Waals surface area contributed by atoms with Crippen molar-refractivity contribution in [2.24, 2.45) is 13.0 Å². The molecule has 11 heteroatoms. The zero-order valence-corrected chi connectivity index (χ0v) is 20.0. The molecule has 35 heavy (non-hydrogen) atoms. The lowest BCUT2D eigenvalue weighted by Crippen LogP contribution is -2.38. The van der Waals surface area contributed by atoms with E-state index in [4.69, 9.17) is 0 Å². The van der Waals surface area contributed by atoms with Gasteiger partial charge in [-0.15, -0.1) is 0 Å². The second kappa shape index (κ2) is 8.49. The molecular formula is C24H24FN5O4S. The van der Waals surface area contributed by atoms with Crippen LogP contribution in [0.15, 0.2) is 63.0 Å². The van der Waals surface area contributed by atoms with Crippen molar-refractivity contribution in [3.63, 3.8) is 0 Å². The number of nitrogens with one attached hydrogen (secondary N) is 1. The number of benzene rings is 2. The van der Waals surface area contributed by atoms with Crippen LogP contribution in [0.25, 0.3) is 11.0 Å². The lowest BCUT2D eigenvalue weighted by molar-refractivity contribution is 0.572. The Balaban J connectivity index is 1.67. The van der Waals surface area contributed by atoms with E-state index >= 15 is 0 Å².